The van der Waals surface area contributed by atoms with Gasteiger partial charge < -0.3 is 15.4 Å². The maximum Gasteiger partial charge on any atom is 0.330 e. The van der Waals surface area contributed by atoms with E-state index in [9.17, 15) is 4.79 Å². The lowest BCUT2D eigenvalue weighted by Gasteiger charge is -2.18. The first kappa shape index (κ1) is 12.1. The van der Waals surface area contributed by atoms with Crippen molar-refractivity contribution in [2.45, 2.75) is 0 Å². The first-order chi connectivity index (χ1) is 7.63. The largest absolute Gasteiger partial charge is 0.461 e. The molecule has 1 aromatic carbocycles. The SMILES string of the molecule is C=CC(=O)OCCN(C)c1ccc(N)cc1. The predicted molar refractivity (Wildman–Crippen MR) is 65.3 cm³/mol. The van der Waals surface area contributed by atoms with Crippen LogP contribution in [0.3, 0.4) is 0 Å². The summed E-state index contributed by atoms with van der Waals surface area (Å²) < 4.78 is 4.88. The minimum absolute atomic E-state index is 0.339. The maximum absolute atomic E-state index is 10.8. The molecule has 0 radical (unpaired) electrons. The minimum Gasteiger partial charge on any atom is -0.461 e. The number of nitrogens with zero attached hydrogens (tertiary/aromatic N) is 1. The Balaban J connectivity index is 2.40. The highest BCUT2D eigenvalue weighted by Crippen LogP contribution is 2.14. The van der Waals surface area contributed by atoms with E-state index in [1.54, 1.807) is 0 Å². The second-order valence-electron chi connectivity index (χ2n) is 3.38. The van der Waals surface area contributed by atoms with Gasteiger partial charge in [0.15, 0.2) is 0 Å². The zero-order valence-corrected chi connectivity index (χ0v) is 9.35. The van der Waals surface area contributed by atoms with E-state index in [-0.39, 0.29) is 0 Å². The van der Waals surface area contributed by atoms with Gasteiger partial charge in [0.1, 0.15) is 6.61 Å². The van der Waals surface area contributed by atoms with Gasteiger partial charge in [0, 0.05) is 24.5 Å². The molecule has 0 fully saturated rings. The Hall–Kier alpha value is -1.97. The van der Waals surface area contributed by atoms with Crippen LogP contribution >= 0.6 is 0 Å². The number of hydrogen-bond donors (Lipinski definition) is 1. The van der Waals surface area contributed by atoms with Crippen LogP contribution in [0.4, 0.5) is 11.4 Å². The summed E-state index contributed by atoms with van der Waals surface area (Å²) in [4.78, 5) is 12.8. The number of hydrogen-bond acceptors (Lipinski definition) is 4. The van der Waals surface area contributed by atoms with Crippen LogP contribution in [0.25, 0.3) is 0 Å². The Kier molecular flexibility index (Phi) is 4.39. The summed E-state index contributed by atoms with van der Waals surface area (Å²) in [5, 5.41) is 0. The number of anilines is 2. The van der Waals surface area contributed by atoms with Crippen molar-refractivity contribution < 1.29 is 9.53 Å². The Labute approximate surface area is 95.3 Å². The number of benzene rings is 1. The lowest BCUT2D eigenvalue weighted by Crippen LogP contribution is -2.23. The molecule has 0 aliphatic heterocycles. The van der Waals surface area contributed by atoms with Crippen molar-refractivity contribution in [2.75, 3.05) is 30.8 Å². The van der Waals surface area contributed by atoms with Crippen molar-refractivity contribution in [3.8, 4) is 0 Å². The van der Waals surface area contributed by atoms with E-state index in [4.69, 9.17) is 10.5 Å². The van der Waals surface area contributed by atoms with Crippen molar-refractivity contribution in [3.05, 3.63) is 36.9 Å². The normalized spacial score (nSPS) is 9.56. The third kappa shape index (κ3) is 3.65. The first-order valence-electron chi connectivity index (χ1n) is 4.99. The summed E-state index contributed by atoms with van der Waals surface area (Å²) in [7, 11) is 1.92. The van der Waals surface area contributed by atoms with Crippen molar-refractivity contribution in [3.63, 3.8) is 0 Å². The molecule has 0 aromatic heterocycles. The average Bonchev–Trinajstić information content (AvgIpc) is 2.29. The van der Waals surface area contributed by atoms with Crippen molar-refractivity contribution >= 4 is 17.3 Å². The molecule has 0 heterocycles. The van der Waals surface area contributed by atoms with Gasteiger partial charge in [-0.15, -0.1) is 0 Å². The standard InChI is InChI=1S/C12H16N2O2/c1-3-12(15)16-9-8-14(2)11-6-4-10(13)5-7-11/h3-7H,1,8-9,13H2,2H3. The van der Waals surface area contributed by atoms with Gasteiger partial charge in [-0.2, -0.15) is 0 Å². The highest BCUT2D eigenvalue weighted by atomic mass is 16.5. The quantitative estimate of drug-likeness (QED) is 0.463. The maximum atomic E-state index is 10.8. The molecule has 86 valence electrons. The van der Waals surface area contributed by atoms with Gasteiger partial charge in [0.2, 0.25) is 0 Å². The first-order valence-corrected chi connectivity index (χ1v) is 4.99. The summed E-state index contributed by atoms with van der Waals surface area (Å²) in [6.45, 7) is 4.29. The summed E-state index contributed by atoms with van der Waals surface area (Å²) in [5.41, 5.74) is 7.35. The second-order valence-corrected chi connectivity index (χ2v) is 3.38. The Morgan fingerprint density at radius 3 is 2.69 bits per heavy atom. The molecule has 1 aromatic rings. The molecule has 0 aliphatic carbocycles. The third-order valence-electron chi connectivity index (χ3n) is 2.17. The number of carbonyl (C=O) groups is 1. The zero-order valence-electron chi connectivity index (χ0n) is 9.35. The van der Waals surface area contributed by atoms with Crippen molar-refractivity contribution in [1.29, 1.82) is 0 Å². The third-order valence-corrected chi connectivity index (χ3v) is 2.17. The topological polar surface area (TPSA) is 55.6 Å². The van der Waals surface area contributed by atoms with E-state index in [0.29, 0.717) is 13.2 Å². The molecule has 0 atom stereocenters. The van der Waals surface area contributed by atoms with Crippen LogP contribution in [0.2, 0.25) is 0 Å². The monoisotopic (exact) mass is 220 g/mol. The zero-order chi connectivity index (χ0) is 12.0. The lowest BCUT2D eigenvalue weighted by atomic mass is 10.2. The Bertz CT molecular complexity index is 360. The fourth-order valence-corrected chi connectivity index (χ4v) is 1.20. The summed E-state index contributed by atoms with van der Waals surface area (Å²) in [5.74, 6) is -0.397. The molecule has 0 spiro atoms. The number of rotatable bonds is 5. The van der Waals surface area contributed by atoms with E-state index in [0.717, 1.165) is 17.5 Å². The van der Waals surface area contributed by atoms with Gasteiger partial charge in [0.25, 0.3) is 0 Å². The molecule has 0 amide bonds. The van der Waals surface area contributed by atoms with Crippen molar-refractivity contribution in [1.82, 2.24) is 0 Å². The fraction of sp³-hybridized carbons (Fsp3) is 0.250. The molecule has 0 unspecified atom stereocenters. The van der Waals surface area contributed by atoms with Crippen LogP contribution < -0.4 is 10.6 Å². The van der Waals surface area contributed by atoms with Crippen LogP contribution in [-0.2, 0) is 9.53 Å². The number of ether oxygens (including phenoxy) is 1. The highest BCUT2D eigenvalue weighted by molar-refractivity contribution is 5.81. The van der Waals surface area contributed by atoms with Crippen LogP contribution in [-0.4, -0.2) is 26.2 Å². The van der Waals surface area contributed by atoms with E-state index in [1.165, 1.54) is 0 Å². The summed E-state index contributed by atoms with van der Waals surface area (Å²) >= 11 is 0. The van der Waals surface area contributed by atoms with Gasteiger partial charge in [-0.05, 0) is 24.3 Å². The van der Waals surface area contributed by atoms with Crippen molar-refractivity contribution in [2.24, 2.45) is 0 Å². The number of esters is 1. The Morgan fingerprint density at radius 1 is 1.50 bits per heavy atom. The van der Waals surface area contributed by atoms with E-state index >= 15 is 0 Å². The van der Waals surface area contributed by atoms with Crippen LogP contribution in [0.1, 0.15) is 0 Å². The van der Waals surface area contributed by atoms with E-state index < -0.39 is 5.97 Å². The van der Waals surface area contributed by atoms with Gasteiger partial charge in [-0.3, -0.25) is 0 Å². The van der Waals surface area contributed by atoms with E-state index in [1.807, 2.05) is 36.2 Å². The van der Waals surface area contributed by atoms with Crippen LogP contribution in [0.5, 0.6) is 0 Å². The average molecular weight is 220 g/mol. The summed E-state index contributed by atoms with van der Waals surface area (Å²) in [6, 6.07) is 7.51. The van der Waals surface area contributed by atoms with Gasteiger partial charge in [-0.25, -0.2) is 4.79 Å². The molecule has 0 saturated carbocycles. The number of nitrogens with two attached hydrogens (primary N) is 1. The summed E-state index contributed by atoms with van der Waals surface area (Å²) in [6.07, 6.45) is 1.16. The number of nitrogen functional groups attached to an aromatic ring is 1. The van der Waals surface area contributed by atoms with Gasteiger partial charge in [0.05, 0.1) is 6.54 Å². The smallest absolute Gasteiger partial charge is 0.330 e. The molecule has 4 heteroatoms. The van der Waals surface area contributed by atoms with Crippen LogP contribution in [0, 0.1) is 0 Å². The molecule has 2 N–H and O–H groups in total. The van der Waals surface area contributed by atoms with Gasteiger partial charge >= 0.3 is 5.97 Å². The molecule has 4 nitrogen and oxygen atoms in total. The van der Waals surface area contributed by atoms with E-state index in [2.05, 4.69) is 6.58 Å². The highest BCUT2D eigenvalue weighted by Gasteiger charge is 2.01. The molecule has 0 aliphatic rings. The minimum atomic E-state index is -0.397. The van der Waals surface area contributed by atoms with Crippen LogP contribution in [0.15, 0.2) is 36.9 Å². The molecule has 1 rings (SSSR count). The molecule has 0 bridgehead atoms. The molecular formula is C12H16N2O2. The predicted octanol–water partition coefficient (Wildman–Crippen LogP) is 1.43. The molecule has 0 saturated heterocycles. The van der Waals surface area contributed by atoms with Gasteiger partial charge in [-0.1, -0.05) is 6.58 Å². The molecule has 16 heavy (non-hydrogen) atoms. The second kappa shape index (κ2) is 5.80. The number of likely N-dealkylation sites (N-methyl/N-ethyl adjacent to an activating group) is 1. The molecular weight excluding hydrogens is 204 g/mol. The number of carbonyl (C=O) groups excluding carboxylic acids is 1. The fourth-order valence-electron chi connectivity index (χ4n) is 1.20. The lowest BCUT2D eigenvalue weighted by molar-refractivity contribution is -0.137. The Morgan fingerprint density at radius 2 is 2.12 bits per heavy atom.